The summed E-state index contributed by atoms with van der Waals surface area (Å²) in [7, 11) is -3.54. The number of amides is 2. The highest BCUT2D eigenvalue weighted by Gasteiger charge is 2.51. The van der Waals surface area contributed by atoms with E-state index in [1.165, 1.54) is 0 Å². The zero-order valence-electron chi connectivity index (χ0n) is 21.6. The molecule has 2 aliphatic rings. The lowest BCUT2D eigenvalue weighted by Crippen LogP contribution is -2.46. The van der Waals surface area contributed by atoms with Crippen molar-refractivity contribution in [2.75, 3.05) is 48.9 Å². The molecular weight excluding hydrogens is 494 g/mol. The fourth-order valence-corrected chi connectivity index (χ4v) is 7.04. The summed E-state index contributed by atoms with van der Waals surface area (Å²) in [4.78, 5) is 23.8. The van der Waals surface area contributed by atoms with E-state index in [0.29, 0.717) is 62.2 Å². The summed E-state index contributed by atoms with van der Waals surface area (Å²) in [6.45, 7) is 6.25. The van der Waals surface area contributed by atoms with Gasteiger partial charge in [0, 0.05) is 37.0 Å². The van der Waals surface area contributed by atoms with E-state index >= 15 is 0 Å². The maximum atomic E-state index is 13.5. The van der Waals surface area contributed by atoms with Gasteiger partial charge >= 0.3 is 6.03 Å². The molecule has 1 aromatic carbocycles. The van der Waals surface area contributed by atoms with Gasteiger partial charge in [-0.25, -0.2) is 23.2 Å². The standard InChI is InChI=1S/C26H37N5O5S/c1-3-12-27-25(33)28-21-8-6-20(7-9-21)24-29-22(17-23(30-24)31-13-15-36-18-19(31)2)26(10-4-11-26)37(34,35)16-5-14-32/h6-9,17,19,32H,3-5,10-16,18H2,1-2H3,(H2,27,28,33)/t19-/m0/s1. The highest BCUT2D eigenvalue weighted by atomic mass is 32.2. The first-order valence-electron chi connectivity index (χ1n) is 13.0. The fraction of sp³-hybridized carbons (Fsp3) is 0.577. The third kappa shape index (κ3) is 5.89. The molecule has 4 rings (SSSR count). The summed E-state index contributed by atoms with van der Waals surface area (Å²) < 4.78 is 31.5. The molecule has 1 saturated heterocycles. The first-order chi connectivity index (χ1) is 17.8. The fourth-order valence-electron chi connectivity index (χ4n) is 4.80. The Bertz CT molecular complexity index is 1180. The predicted molar refractivity (Wildman–Crippen MR) is 143 cm³/mol. The highest BCUT2D eigenvalue weighted by molar-refractivity contribution is 7.92. The smallest absolute Gasteiger partial charge is 0.319 e. The minimum Gasteiger partial charge on any atom is -0.396 e. The van der Waals surface area contributed by atoms with Gasteiger partial charge in [0.05, 0.1) is 30.7 Å². The average Bonchev–Trinajstić information content (AvgIpc) is 2.86. The van der Waals surface area contributed by atoms with Gasteiger partial charge in [0.25, 0.3) is 0 Å². The number of hydrogen-bond acceptors (Lipinski definition) is 8. The maximum Gasteiger partial charge on any atom is 0.319 e. The lowest BCUT2D eigenvalue weighted by molar-refractivity contribution is 0.0985. The molecule has 0 radical (unpaired) electrons. The number of urea groups is 1. The number of carbonyl (C=O) groups excluding carboxylic acids is 1. The molecule has 2 heterocycles. The van der Waals surface area contributed by atoms with Crippen LogP contribution in [0.2, 0.25) is 0 Å². The van der Waals surface area contributed by atoms with Gasteiger partial charge in [0.1, 0.15) is 10.6 Å². The second-order valence-electron chi connectivity index (χ2n) is 9.75. The Kier molecular flexibility index (Phi) is 8.66. The number of aliphatic hydroxyl groups excluding tert-OH is 1. The molecule has 1 aliphatic carbocycles. The van der Waals surface area contributed by atoms with Crippen LogP contribution in [0.25, 0.3) is 11.4 Å². The highest BCUT2D eigenvalue weighted by Crippen LogP contribution is 2.49. The minimum absolute atomic E-state index is 0.0768. The summed E-state index contributed by atoms with van der Waals surface area (Å²) >= 11 is 0. The Morgan fingerprint density at radius 1 is 1.24 bits per heavy atom. The third-order valence-corrected chi connectivity index (χ3v) is 9.74. The van der Waals surface area contributed by atoms with Crippen LogP contribution in [0.3, 0.4) is 0 Å². The normalized spacial score (nSPS) is 19.2. The van der Waals surface area contributed by atoms with Crippen molar-refractivity contribution in [2.45, 2.75) is 56.7 Å². The molecule has 202 valence electrons. The van der Waals surface area contributed by atoms with Gasteiger partial charge in [-0.1, -0.05) is 6.92 Å². The Morgan fingerprint density at radius 3 is 2.62 bits per heavy atom. The van der Waals surface area contributed by atoms with Crippen LogP contribution in [0.1, 0.15) is 51.6 Å². The predicted octanol–water partition coefficient (Wildman–Crippen LogP) is 3.08. The minimum atomic E-state index is -3.54. The van der Waals surface area contributed by atoms with Crippen LogP contribution in [-0.2, 0) is 19.3 Å². The lowest BCUT2D eigenvalue weighted by atomic mass is 9.81. The summed E-state index contributed by atoms with van der Waals surface area (Å²) in [5, 5.41) is 14.9. The van der Waals surface area contributed by atoms with Crippen molar-refractivity contribution in [1.82, 2.24) is 15.3 Å². The lowest BCUT2D eigenvalue weighted by Gasteiger charge is -2.41. The number of carbonyl (C=O) groups is 1. The van der Waals surface area contributed by atoms with E-state index in [2.05, 4.69) is 22.5 Å². The molecule has 1 aliphatic heterocycles. The quantitative estimate of drug-likeness (QED) is 0.426. The number of benzene rings is 1. The zero-order valence-corrected chi connectivity index (χ0v) is 22.4. The van der Waals surface area contributed by atoms with Gasteiger partial charge in [-0.15, -0.1) is 0 Å². The number of sulfone groups is 1. The molecule has 0 bridgehead atoms. The van der Waals surface area contributed by atoms with Crippen LogP contribution in [0.4, 0.5) is 16.3 Å². The molecule has 3 N–H and O–H groups in total. The molecule has 2 amide bonds. The van der Waals surface area contributed by atoms with Crippen molar-refractivity contribution < 1.29 is 23.1 Å². The Morgan fingerprint density at radius 2 is 2.00 bits per heavy atom. The van der Waals surface area contributed by atoms with Gasteiger partial charge in [-0.2, -0.15) is 0 Å². The van der Waals surface area contributed by atoms with Crippen molar-refractivity contribution in [1.29, 1.82) is 0 Å². The number of morpholine rings is 1. The van der Waals surface area contributed by atoms with E-state index in [4.69, 9.17) is 14.7 Å². The van der Waals surface area contributed by atoms with E-state index in [9.17, 15) is 18.3 Å². The van der Waals surface area contributed by atoms with E-state index in [1.54, 1.807) is 12.1 Å². The van der Waals surface area contributed by atoms with E-state index in [-0.39, 0.29) is 30.9 Å². The van der Waals surface area contributed by atoms with Gasteiger partial charge in [0.2, 0.25) is 0 Å². The largest absolute Gasteiger partial charge is 0.396 e. The van der Waals surface area contributed by atoms with Crippen molar-refractivity contribution >= 4 is 27.4 Å². The summed E-state index contributed by atoms with van der Waals surface area (Å²) in [6, 6.07) is 8.87. The number of aliphatic hydroxyl groups is 1. The SMILES string of the molecule is CCCNC(=O)Nc1ccc(-c2nc(N3CCOC[C@@H]3C)cc(C3(S(=O)(=O)CCCO)CCC3)n2)cc1. The molecule has 2 aromatic rings. The first-order valence-corrected chi connectivity index (χ1v) is 14.7. The van der Waals surface area contributed by atoms with Gasteiger partial charge in [-0.3, -0.25) is 0 Å². The van der Waals surface area contributed by atoms with Crippen molar-refractivity contribution in [2.24, 2.45) is 0 Å². The van der Waals surface area contributed by atoms with E-state index in [0.717, 1.165) is 18.4 Å². The van der Waals surface area contributed by atoms with E-state index < -0.39 is 14.6 Å². The van der Waals surface area contributed by atoms with Crippen LogP contribution >= 0.6 is 0 Å². The number of aromatic nitrogens is 2. The molecular formula is C26H37N5O5S. The second-order valence-corrected chi connectivity index (χ2v) is 12.2. The van der Waals surface area contributed by atoms with Crippen LogP contribution in [0, 0.1) is 0 Å². The summed E-state index contributed by atoms with van der Waals surface area (Å²) in [6.07, 6.45) is 2.87. The topological polar surface area (TPSA) is 134 Å². The van der Waals surface area contributed by atoms with Crippen LogP contribution in [0.5, 0.6) is 0 Å². The molecule has 1 saturated carbocycles. The second kappa shape index (κ2) is 11.7. The number of nitrogens with zero attached hydrogens (tertiary/aromatic N) is 3. The summed E-state index contributed by atoms with van der Waals surface area (Å²) in [5.74, 6) is 1.05. The van der Waals surface area contributed by atoms with Gasteiger partial charge in [-0.05, 0) is 63.3 Å². The number of hydrogen-bond donors (Lipinski definition) is 3. The average molecular weight is 532 g/mol. The molecule has 11 heteroatoms. The van der Waals surface area contributed by atoms with Crippen LogP contribution < -0.4 is 15.5 Å². The zero-order chi connectivity index (χ0) is 26.5. The molecule has 0 unspecified atom stereocenters. The number of rotatable bonds is 10. The molecule has 10 nitrogen and oxygen atoms in total. The van der Waals surface area contributed by atoms with Crippen molar-refractivity contribution in [3.63, 3.8) is 0 Å². The number of nitrogens with one attached hydrogen (secondary N) is 2. The van der Waals surface area contributed by atoms with Crippen molar-refractivity contribution in [3.8, 4) is 11.4 Å². The molecule has 2 fully saturated rings. The summed E-state index contributed by atoms with van der Waals surface area (Å²) in [5.41, 5.74) is 1.87. The molecule has 1 aromatic heterocycles. The monoisotopic (exact) mass is 531 g/mol. The maximum absolute atomic E-state index is 13.5. The van der Waals surface area contributed by atoms with E-state index in [1.807, 2.05) is 25.1 Å². The first kappa shape index (κ1) is 27.3. The Balaban J connectivity index is 1.72. The van der Waals surface area contributed by atoms with Crippen molar-refractivity contribution in [3.05, 3.63) is 36.0 Å². The Labute approximate surface area is 218 Å². The number of ether oxygens (including phenoxy) is 1. The van der Waals surface area contributed by atoms with Crippen LogP contribution in [-0.4, -0.2) is 74.2 Å². The number of anilines is 2. The molecule has 0 spiro atoms. The molecule has 37 heavy (non-hydrogen) atoms. The molecule has 1 atom stereocenters. The Hall–Kier alpha value is -2.76. The van der Waals surface area contributed by atoms with Gasteiger partial charge in [0.15, 0.2) is 15.7 Å². The van der Waals surface area contributed by atoms with Gasteiger partial charge < -0.3 is 25.4 Å². The third-order valence-electron chi connectivity index (χ3n) is 7.11. The van der Waals surface area contributed by atoms with Crippen LogP contribution in [0.15, 0.2) is 30.3 Å².